The molecule has 0 aliphatic heterocycles. The number of halogens is 1. The summed E-state index contributed by atoms with van der Waals surface area (Å²) in [5.74, 6) is 0.564. The van der Waals surface area contributed by atoms with E-state index >= 15 is 0 Å². The van der Waals surface area contributed by atoms with Gasteiger partial charge >= 0.3 is 0 Å². The highest BCUT2D eigenvalue weighted by atomic mass is 79.9. The monoisotopic (exact) mass is 271 g/mol. The van der Waals surface area contributed by atoms with Crippen LogP contribution in [0.3, 0.4) is 0 Å². The van der Waals surface area contributed by atoms with Gasteiger partial charge < -0.3 is 11.1 Å². The molecule has 1 rings (SSSR count). The highest BCUT2D eigenvalue weighted by Gasteiger charge is 2.13. The molecular formula is C11H18BrN3. The minimum absolute atomic E-state index is 0.411. The topological polar surface area (TPSA) is 50.9 Å². The summed E-state index contributed by atoms with van der Waals surface area (Å²) in [5, 5.41) is 3.48. The lowest BCUT2D eigenvalue weighted by atomic mass is 10.0. The van der Waals surface area contributed by atoms with E-state index in [0.717, 1.165) is 16.6 Å². The molecule has 0 aliphatic rings. The van der Waals surface area contributed by atoms with E-state index < -0.39 is 0 Å². The molecule has 4 heteroatoms. The number of nitrogens with zero attached hydrogens (tertiary/aromatic N) is 1. The van der Waals surface area contributed by atoms with Crippen molar-refractivity contribution in [2.75, 3.05) is 11.9 Å². The first kappa shape index (κ1) is 12.5. The Morgan fingerprint density at radius 2 is 2.27 bits per heavy atom. The molecule has 1 heterocycles. The van der Waals surface area contributed by atoms with Crippen molar-refractivity contribution < 1.29 is 0 Å². The molecule has 1 atom stereocenters. The van der Waals surface area contributed by atoms with Gasteiger partial charge in [-0.05, 0) is 40.9 Å². The summed E-state index contributed by atoms with van der Waals surface area (Å²) in [6.07, 6.45) is 4.56. The second kappa shape index (κ2) is 6.08. The van der Waals surface area contributed by atoms with E-state index in [0.29, 0.717) is 18.5 Å². The molecule has 0 saturated carbocycles. The van der Waals surface area contributed by atoms with Crippen molar-refractivity contribution in [1.29, 1.82) is 0 Å². The quantitative estimate of drug-likeness (QED) is 0.866. The van der Waals surface area contributed by atoms with Crippen LogP contribution < -0.4 is 11.1 Å². The fourth-order valence-electron chi connectivity index (χ4n) is 1.44. The number of hydrogen-bond acceptors (Lipinski definition) is 3. The van der Waals surface area contributed by atoms with Gasteiger partial charge in [-0.15, -0.1) is 0 Å². The minimum atomic E-state index is 0.411. The van der Waals surface area contributed by atoms with E-state index in [1.54, 1.807) is 12.4 Å². The van der Waals surface area contributed by atoms with E-state index in [1.165, 1.54) is 0 Å². The summed E-state index contributed by atoms with van der Waals surface area (Å²) in [6, 6.07) is 2.38. The van der Waals surface area contributed by atoms with Crippen LogP contribution in [0.2, 0.25) is 0 Å². The number of anilines is 1. The van der Waals surface area contributed by atoms with Gasteiger partial charge in [0.05, 0.1) is 10.2 Å². The van der Waals surface area contributed by atoms with Crippen LogP contribution in [0.4, 0.5) is 5.69 Å². The summed E-state index contributed by atoms with van der Waals surface area (Å²) >= 11 is 3.47. The second-order valence-electron chi connectivity index (χ2n) is 3.93. The number of pyridine rings is 1. The molecule has 1 aromatic heterocycles. The molecule has 0 saturated heterocycles. The average molecular weight is 272 g/mol. The first-order valence-electron chi connectivity index (χ1n) is 5.21. The van der Waals surface area contributed by atoms with E-state index in [2.05, 4.69) is 40.1 Å². The molecular weight excluding hydrogens is 254 g/mol. The van der Waals surface area contributed by atoms with Crippen LogP contribution in [0.1, 0.15) is 20.3 Å². The standard InChI is InChI=1S/C11H18BrN3/c1-8(2)10(3-5-13)15-11-4-6-14-7-9(11)12/h4,6-8,10H,3,5,13H2,1-2H3,(H,14,15). The Bertz CT molecular complexity index is 302. The molecule has 1 unspecified atom stereocenters. The van der Waals surface area contributed by atoms with E-state index in [-0.39, 0.29) is 0 Å². The molecule has 0 aromatic carbocycles. The number of nitrogens with one attached hydrogen (secondary N) is 1. The molecule has 0 fully saturated rings. The molecule has 0 bridgehead atoms. The SMILES string of the molecule is CC(C)C(CCN)Nc1ccncc1Br. The Labute approximate surface area is 99.6 Å². The number of hydrogen-bond donors (Lipinski definition) is 2. The predicted molar refractivity (Wildman–Crippen MR) is 67.9 cm³/mol. The Morgan fingerprint density at radius 3 is 2.80 bits per heavy atom. The summed E-state index contributed by atoms with van der Waals surface area (Å²) in [4.78, 5) is 4.03. The van der Waals surface area contributed by atoms with Crippen LogP contribution in [0.15, 0.2) is 22.9 Å². The van der Waals surface area contributed by atoms with Crippen molar-refractivity contribution in [2.24, 2.45) is 11.7 Å². The number of nitrogens with two attached hydrogens (primary N) is 1. The molecule has 0 spiro atoms. The fraction of sp³-hybridized carbons (Fsp3) is 0.545. The molecule has 0 aliphatic carbocycles. The van der Waals surface area contributed by atoms with Crippen molar-refractivity contribution in [2.45, 2.75) is 26.3 Å². The smallest absolute Gasteiger partial charge is 0.0590 e. The summed E-state index contributed by atoms with van der Waals surface area (Å²) in [6.45, 7) is 5.10. The van der Waals surface area contributed by atoms with Gasteiger partial charge in [-0.3, -0.25) is 4.98 Å². The van der Waals surface area contributed by atoms with Gasteiger partial charge in [-0.2, -0.15) is 0 Å². The highest BCUT2D eigenvalue weighted by molar-refractivity contribution is 9.10. The van der Waals surface area contributed by atoms with Crippen LogP contribution in [0.5, 0.6) is 0 Å². The Morgan fingerprint density at radius 1 is 1.53 bits per heavy atom. The third kappa shape index (κ3) is 3.80. The maximum atomic E-state index is 5.59. The Balaban J connectivity index is 2.69. The number of aromatic nitrogens is 1. The van der Waals surface area contributed by atoms with Crippen molar-refractivity contribution in [3.05, 3.63) is 22.9 Å². The van der Waals surface area contributed by atoms with Crippen molar-refractivity contribution in [3.63, 3.8) is 0 Å². The first-order valence-corrected chi connectivity index (χ1v) is 6.00. The second-order valence-corrected chi connectivity index (χ2v) is 4.78. The van der Waals surface area contributed by atoms with Gasteiger partial charge in [0.15, 0.2) is 0 Å². The van der Waals surface area contributed by atoms with Crippen LogP contribution >= 0.6 is 15.9 Å². The van der Waals surface area contributed by atoms with Crippen LogP contribution in [-0.2, 0) is 0 Å². The molecule has 1 aromatic rings. The first-order chi connectivity index (χ1) is 7.15. The molecule has 3 N–H and O–H groups in total. The van der Waals surface area contributed by atoms with Crippen molar-refractivity contribution in [1.82, 2.24) is 4.98 Å². The van der Waals surface area contributed by atoms with E-state index in [9.17, 15) is 0 Å². The van der Waals surface area contributed by atoms with Gasteiger partial charge in [0.1, 0.15) is 0 Å². The zero-order valence-corrected chi connectivity index (χ0v) is 10.8. The lowest BCUT2D eigenvalue weighted by molar-refractivity contribution is 0.498. The van der Waals surface area contributed by atoms with E-state index in [4.69, 9.17) is 5.73 Å². The minimum Gasteiger partial charge on any atom is -0.381 e. The molecule has 3 nitrogen and oxygen atoms in total. The lowest BCUT2D eigenvalue weighted by Gasteiger charge is -2.23. The van der Waals surface area contributed by atoms with Crippen LogP contribution in [-0.4, -0.2) is 17.6 Å². The summed E-state index contributed by atoms with van der Waals surface area (Å²) in [7, 11) is 0. The highest BCUT2D eigenvalue weighted by Crippen LogP contribution is 2.23. The van der Waals surface area contributed by atoms with Gasteiger partial charge in [0, 0.05) is 18.4 Å². The normalized spacial score (nSPS) is 12.9. The predicted octanol–water partition coefficient (Wildman–Crippen LogP) is 2.63. The van der Waals surface area contributed by atoms with Gasteiger partial charge in [0.25, 0.3) is 0 Å². The zero-order chi connectivity index (χ0) is 11.3. The molecule has 0 amide bonds. The Hall–Kier alpha value is -0.610. The third-order valence-electron chi connectivity index (χ3n) is 2.40. The van der Waals surface area contributed by atoms with Crippen molar-refractivity contribution >= 4 is 21.6 Å². The van der Waals surface area contributed by atoms with Gasteiger partial charge in [-0.1, -0.05) is 13.8 Å². The fourth-order valence-corrected chi connectivity index (χ4v) is 1.81. The lowest BCUT2D eigenvalue weighted by Crippen LogP contribution is -2.28. The Kier molecular flexibility index (Phi) is 5.05. The summed E-state index contributed by atoms with van der Waals surface area (Å²) < 4.78 is 0.993. The number of rotatable bonds is 5. The molecule has 84 valence electrons. The molecule has 15 heavy (non-hydrogen) atoms. The van der Waals surface area contributed by atoms with Crippen LogP contribution in [0.25, 0.3) is 0 Å². The zero-order valence-electron chi connectivity index (χ0n) is 9.20. The summed E-state index contributed by atoms with van der Waals surface area (Å²) in [5.41, 5.74) is 6.68. The third-order valence-corrected chi connectivity index (χ3v) is 3.03. The largest absolute Gasteiger partial charge is 0.381 e. The van der Waals surface area contributed by atoms with Crippen molar-refractivity contribution in [3.8, 4) is 0 Å². The maximum absolute atomic E-state index is 5.59. The van der Waals surface area contributed by atoms with Gasteiger partial charge in [0.2, 0.25) is 0 Å². The maximum Gasteiger partial charge on any atom is 0.0590 e. The van der Waals surface area contributed by atoms with Gasteiger partial charge in [-0.25, -0.2) is 0 Å². The molecule has 0 radical (unpaired) electrons. The van der Waals surface area contributed by atoms with E-state index in [1.807, 2.05) is 6.07 Å². The average Bonchev–Trinajstić information content (AvgIpc) is 2.20. The van der Waals surface area contributed by atoms with Crippen LogP contribution in [0, 0.1) is 5.92 Å².